The number of benzene rings is 1. The Labute approximate surface area is 135 Å². The minimum atomic E-state index is -3.87. The van der Waals surface area contributed by atoms with E-state index in [1.807, 2.05) is 12.1 Å². The third kappa shape index (κ3) is 4.33. The summed E-state index contributed by atoms with van der Waals surface area (Å²) in [6, 6.07) is 7.67. The van der Waals surface area contributed by atoms with E-state index in [0.717, 1.165) is 14.7 Å². The Kier molecular flexibility index (Phi) is 5.50. The zero-order valence-electron chi connectivity index (χ0n) is 11.0. The van der Waals surface area contributed by atoms with Crippen LogP contribution in [0, 0.1) is 5.82 Å². The molecule has 8 heteroatoms. The van der Waals surface area contributed by atoms with Crippen molar-refractivity contribution >= 4 is 37.3 Å². The fourth-order valence-electron chi connectivity index (χ4n) is 1.75. The quantitative estimate of drug-likeness (QED) is 0.793. The zero-order valence-corrected chi connectivity index (χ0v) is 14.2. The molecule has 114 valence electrons. The van der Waals surface area contributed by atoms with Crippen LogP contribution in [0.4, 0.5) is 4.39 Å². The molecule has 0 amide bonds. The van der Waals surface area contributed by atoms with Crippen molar-refractivity contribution in [3.63, 3.8) is 0 Å². The Morgan fingerprint density at radius 3 is 2.67 bits per heavy atom. The van der Waals surface area contributed by atoms with Crippen LogP contribution < -0.4 is 10.5 Å². The Hall–Kier alpha value is -0.800. The van der Waals surface area contributed by atoms with Crippen molar-refractivity contribution in [2.75, 3.05) is 6.54 Å². The van der Waals surface area contributed by atoms with Gasteiger partial charge in [-0.1, -0.05) is 6.07 Å². The molecule has 0 aliphatic heterocycles. The van der Waals surface area contributed by atoms with Gasteiger partial charge in [0.25, 0.3) is 0 Å². The van der Waals surface area contributed by atoms with Crippen LogP contribution in [0.1, 0.15) is 10.4 Å². The van der Waals surface area contributed by atoms with E-state index in [0.29, 0.717) is 12.0 Å². The Morgan fingerprint density at radius 1 is 1.29 bits per heavy atom. The third-order valence-electron chi connectivity index (χ3n) is 2.81. The Morgan fingerprint density at radius 2 is 2.05 bits per heavy atom. The van der Waals surface area contributed by atoms with Gasteiger partial charge < -0.3 is 5.73 Å². The van der Waals surface area contributed by atoms with Crippen molar-refractivity contribution in [1.82, 2.24) is 4.72 Å². The van der Waals surface area contributed by atoms with Crippen LogP contribution in [0.25, 0.3) is 0 Å². The molecule has 0 aliphatic carbocycles. The second-order valence-corrected chi connectivity index (χ2v) is 8.61. The summed E-state index contributed by atoms with van der Waals surface area (Å²) < 4.78 is 41.3. The van der Waals surface area contributed by atoms with E-state index in [4.69, 9.17) is 5.73 Å². The molecule has 0 saturated heterocycles. The lowest BCUT2D eigenvalue weighted by atomic mass is 10.2. The van der Waals surface area contributed by atoms with Gasteiger partial charge in [0, 0.05) is 18.0 Å². The molecule has 2 aromatic rings. The van der Waals surface area contributed by atoms with Crippen molar-refractivity contribution < 1.29 is 12.8 Å². The van der Waals surface area contributed by atoms with Crippen LogP contribution in [0.3, 0.4) is 0 Å². The molecule has 21 heavy (non-hydrogen) atoms. The van der Waals surface area contributed by atoms with Crippen LogP contribution in [-0.2, 0) is 23.0 Å². The molecule has 0 saturated carbocycles. The predicted molar refractivity (Wildman–Crippen MR) is 85.2 cm³/mol. The molecule has 3 N–H and O–H groups in total. The minimum Gasteiger partial charge on any atom is -0.326 e. The maximum atomic E-state index is 13.7. The number of hydrogen-bond donors (Lipinski definition) is 2. The van der Waals surface area contributed by atoms with E-state index in [-0.39, 0.29) is 18.0 Å². The third-order valence-corrected chi connectivity index (χ3v) is 5.97. The smallest absolute Gasteiger partial charge is 0.243 e. The van der Waals surface area contributed by atoms with E-state index in [1.165, 1.54) is 23.5 Å². The van der Waals surface area contributed by atoms with Gasteiger partial charge in [-0.15, -0.1) is 11.3 Å². The molecule has 0 atom stereocenters. The van der Waals surface area contributed by atoms with Crippen molar-refractivity contribution in [1.29, 1.82) is 0 Å². The number of sulfonamides is 1. The Balaban J connectivity index is 2.07. The molecule has 0 aliphatic rings. The number of thiophene rings is 1. The molecule has 1 heterocycles. The average molecular weight is 393 g/mol. The summed E-state index contributed by atoms with van der Waals surface area (Å²) in [4.78, 5) is 0.679. The number of nitrogens with two attached hydrogens (primary N) is 1. The first kappa shape index (κ1) is 16.6. The minimum absolute atomic E-state index is 0.159. The summed E-state index contributed by atoms with van der Waals surface area (Å²) >= 11 is 4.88. The highest BCUT2D eigenvalue weighted by molar-refractivity contribution is 9.11. The first-order chi connectivity index (χ1) is 9.92. The lowest BCUT2D eigenvalue weighted by molar-refractivity contribution is 0.556. The van der Waals surface area contributed by atoms with Gasteiger partial charge >= 0.3 is 0 Å². The van der Waals surface area contributed by atoms with E-state index < -0.39 is 15.8 Å². The molecular formula is C13H14BrFN2O2S2. The maximum Gasteiger partial charge on any atom is 0.243 e. The van der Waals surface area contributed by atoms with Crippen molar-refractivity contribution in [3.8, 4) is 0 Å². The second kappa shape index (κ2) is 6.97. The largest absolute Gasteiger partial charge is 0.326 e. The monoisotopic (exact) mass is 392 g/mol. The molecule has 2 rings (SSSR count). The van der Waals surface area contributed by atoms with Gasteiger partial charge in [0.2, 0.25) is 10.0 Å². The van der Waals surface area contributed by atoms with Crippen LogP contribution in [0.5, 0.6) is 0 Å². The molecule has 0 radical (unpaired) electrons. The topological polar surface area (TPSA) is 72.2 Å². The first-order valence-electron chi connectivity index (χ1n) is 6.15. The molecule has 4 nitrogen and oxygen atoms in total. The number of rotatable bonds is 6. The molecule has 1 aromatic heterocycles. The van der Waals surface area contributed by atoms with Crippen LogP contribution in [0.2, 0.25) is 0 Å². The van der Waals surface area contributed by atoms with Crippen molar-refractivity contribution in [2.24, 2.45) is 5.73 Å². The lowest BCUT2D eigenvalue weighted by Gasteiger charge is -2.08. The van der Waals surface area contributed by atoms with Gasteiger partial charge in [0.1, 0.15) is 10.7 Å². The zero-order chi connectivity index (χ0) is 15.5. The van der Waals surface area contributed by atoms with Crippen molar-refractivity contribution in [3.05, 3.63) is 50.4 Å². The van der Waals surface area contributed by atoms with E-state index in [9.17, 15) is 12.8 Å². The number of halogens is 2. The molecule has 0 fully saturated rings. The van der Waals surface area contributed by atoms with Crippen LogP contribution in [-0.4, -0.2) is 15.0 Å². The highest BCUT2D eigenvalue weighted by atomic mass is 79.9. The van der Waals surface area contributed by atoms with Gasteiger partial charge in [0.05, 0.1) is 3.79 Å². The van der Waals surface area contributed by atoms with Gasteiger partial charge in [0.15, 0.2) is 0 Å². The fourth-order valence-corrected chi connectivity index (χ4v) is 4.39. The summed E-state index contributed by atoms with van der Waals surface area (Å²) in [6.45, 7) is 0.369. The van der Waals surface area contributed by atoms with Gasteiger partial charge in [-0.25, -0.2) is 17.5 Å². The Bertz CT molecular complexity index is 732. The summed E-state index contributed by atoms with van der Waals surface area (Å²) in [5.41, 5.74) is 6.02. The second-order valence-electron chi connectivity index (χ2n) is 4.32. The lowest BCUT2D eigenvalue weighted by Crippen LogP contribution is -2.26. The maximum absolute atomic E-state index is 13.7. The summed E-state index contributed by atoms with van der Waals surface area (Å²) in [5, 5.41) is 0. The summed E-state index contributed by atoms with van der Waals surface area (Å²) in [5.74, 6) is -0.779. The van der Waals surface area contributed by atoms with E-state index >= 15 is 0 Å². The van der Waals surface area contributed by atoms with Crippen molar-refractivity contribution in [2.45, 2.75) is 17.9 Å². The van der Waals surface area contributed by atoms with E-state index in [2.05, 4.69) is 20.7 Å². The summed E-state index contributed by atoms with van der Waals surface area (Å²) in [6.07, 6.45) is 0.549. The average Bonchev–Trinajstić information content (AvgIpc) is 2.84. The normalized spacial score (nSPS) is 11.8. The SMILES string of the molecule is NCc1ccc(F)c(S(=O)(=O)NCCc2ccc(Br)s2)c1. The number of nitrogens with one attached hydrogen (secondary N) is 1. The van der Waals surface area contributed by atoms with E-state index in [1.54, 1.807) is 0 Å². The first-order valence-corrected chi connectivity index (χ1v) is 9.24. The molecule has 0 bridgehead atoms. The highest BCUT2D eigenvalue weighted by Crippen LogP contribution is 2.22. The van der Waals surface area contributed by atoms with Gasteiger partial charge in [-0.3, -0.25) is 0 Å². The van der Waals surface area contributed by atoms with Crippen LogP contribution >= 0.6 is 27.3 Å². The predicted octanol–water partition coefficient (Wildman–Crippen LogP) is 2.63. The van der Waals surface area contributed by atoms with Crippen LogP contribution in [0.15, 0.2) is 39.0 Å². The molecular weight excluding hydrogens is 379 g/mol. The summed E-state index contributed by atoms with van der Waals surface area (Å²) in [7, 11) is -3.87. The number of hydrogen-bond acceptors (Lipinski definition) is 4. The molecule has 0 spiro atoms. The van der Waals surface area contributed by atoms with Gasteiger partial charge in [-0.2, -0.15) is 0 Å². The van der Waals surface area contributed by atoms with Gasteiger partial charge in [-0.05, 0) is 52.2 Å². The molecule has 1 aromatic carbocycles. The standard InChI is InChI=1S/C13H14BrFN2O2S2/c14-13-4-2-10(20-13)5-6-17-21(18,19)12-7-9(8-16)1-3-11(12)15/h1-4,7,17H,5-6,8,16H2. The highest BCUT2D eigenvalue weighted by Gasteiger charge is 2.19. The molecule has 0 unspecified atom stereocenters. The fraction of sp³-hybridized carbons (Fsp3) is 0.231.